The molecule has 0 aliphatic rings. The summed E-state index contributed by atoms with van der Waals surface area (Å²) in [5.41, 5.74) is 0.375. The minimum atomic E-state index is -4.32. The summed E-state index contributed by atoms with van der Waals surface area (Å²) < 4.78 is 43.4. The van der Waals surface area contributed by atoms with Gasteiger partial charge in [-0.2, -0.15) is 0 Å². The molecule has 2 unspecified atom stereocenters. The van der Waals surface area contributed by atoms with Gasteiger partial charge in [0.05, 0.1) is 0 Å². The van der Waals surface area contributed by atoms with E-state index in [4.69, 9.17) is 4.74 Å². The Labute approximate surface area is 130 Å². The van der Waals surface area contributed by atoms with Gasteiger partial charge in [0.2, 0.25) is 0 Å². The Morgan fingerprint density at radius 2 is 1.57 bits per heavy atom. The van der Waals surface area contributed by atoms with Gasteiger partial charge in [0.15, 0.2) is 0 Å². The van der Waals surface area contributed by atoms with E-state index >= 15 is 0 Å². The van der Waals surface area contributed by atoms with Crippen molar-refractivity contribution < 1.29 is 17.9 Å². The van der Waals surface area contributed by atoms with Gasteiger partial charge in [0.1, 0.15) is 0 Å². The summed E-state index contributed by atoms with van der Waals surface area (Å²) in [4.78, 5) is 0. The van der Waals surface area contributed by atoms with Crippen LogP contribution in [0.25, 0.3) is 0 Å². The van der Waals surface area contributed by atoms with Crippen LogP contribution in [-0.4, -0.2) is 16.9 Å². The molecule has 0 N–H and O–H groups in total. The van der Waals surface area contributed by atoms with E-state index in [0.29, 0.717) is 5.75 Å². The van der Waals surface area contributed by atoms with E-state index in [2.05, 4.69) is 0 Å². The van der Waals surface area contributed by atoms with E-state index < -0.39 is 11.7 Å². The molecule has 21 heavy (non-hydrogen) atoms. The molecule has 0 spiro atoms. The van der Waals surface area contributed by atoms with Crippen LogP contribution in [0, 0.1) is 0 Å². The molecule has 0 amide bonds. The van der Waals surface area contributed by atoms with Crippen LogP contribution < -0.4 is 4.74 Å². The molecule has 2 atom stereocenters. The zero-order valence-electron chi connectivity index (χ0n) is 11.3. The molecule has 0 radical (unpaired) electrons. The summed E-state index contributed by atoms with van der Waals surface area (Å²) in [6.45, 7) is 0. The molecule has 2 aromatic rings. The SMILES string of the molecule is FC(F)(F)c1ccc(OC(CC[AsH2])c2ccccc2)cc1. The van der Waals surface area contributed by atoms with Gasteiger partial charge >= 0.3 is 130 Å². The van der Waals surface area contributed by atoms with E-state index in [1.807, 2.05) is 30.3 Å². The molecular weight excluding hydrogens is 340 g/mol. The molecule has 0 saturated heterocycles. The summed E-state index contributed by atoms with van der Waals surface area (Å²) in [6.07, 6.45) is -3.61. The number of halogens is 3. The van der Waals surface area contributed by atoms with Crippen LogP contribution in [0.1, 0.15) is 23.7 Å². The van der Waals surface area contributed by atoms with Gasteiger partial charge < -0.3 is 0 Å². The summed E-state index contributed by atoms with van der Waals surface area (Å²) in [5.74, 6) is 0.456. The molecule has 0 bridgehead atoms. The van der Waals surface area contributed by atoms with Crippen LogP contribution in [0.3, 0.4) is 0 Å². The summed E-state index contributed by atoms with van der Waals surface area (Å²) >= 11 is 1.61. The summed E-state index contributed by atoms with van der Waals surface area (Å²) in [6, 6.07) is 14.6. The molecular formula is C16H16AsF3O. The summed E-state index contributed by atoms with van der Waals surface area (Å²) in [5, 5.41) is 0.993. The molecule has 0 fully saturated rings. The third kappa shape index (κ3) is 4.53. The molecule has 0 saturated carbocycles. The van der Waals surface area contributed by atoms with Crippen molar-refractivity contribution in [1.82, 2.24) is 0 Å². The Morgan fingerprint density at radius 1 is 0.952 bits per heavy atom. The zero-order valence-corrected chi connectivity index (χ0v) is 13.7. The van der Waals surface area contributed by atoms with Crippen molar-refractivity contribution in [1.29, 1.82) is 0 Å². The van der Waals surface area contributed by atoms with Crippen LogP contribution in [0.2, 0.25) is 5.21 Å². The minimum absolute atomic E-state index is 0.130. The summed E-state index contributed by atoms with van der Waals surface area (Å²) in [7, 11) is 0. The predicted octanol–water partition coefficient (Wildman–Crippen LogP) is 4.27. The average molecular weight is 356 g/mol. The molecule has 2 aromatic carbocycles. The monoisotopic (exact) mass is 356 g/mol. The molecule has 112 valence electrons. The first-order chi connectivity index (χ1) is 10.0. The second kappa shape index (κ2) is 7.04. The first-order valence-electron chi connectivity index (χ1n) is 6.59. The molecule has 0 aliphatic heterocycles. The van der Waals surface area contributed by atoms with Crippen molar-refractivity contribution in [2.45, 2.75) is 23.9 Å². The van der Waals surface area contributed by atoms with Crippen molar-refractivity contribution in [3.63, 3.8) is 0 Å². The van der Waals surface area contributed by atoms with Crippen molar-refractivity contribution in [2.24, 2.45) is 0 Å². The number of hydrogen-bond donors (Lipinski definition) is 0. The van der Waals surface area contributed by atoms with Crippen molar-refractivity contribution in [3.05, 3.63) is 65.7 Å². The molecule has 1 nitrogen and oxygen atoms in total. The fraction of sp³-hybridized carbons (Fsp3) is 0.250. The molecule has 0 aliphatic carbocycles. The van der Waals surface area contributed by atoms with Gasteiger partial charge in [0.25, 0.3) is 0 Å². The molecule has 0 aromatic heterocycles. The van der Waals surface area contributed by atoms with E-state index in [9.17, 15) is 13.2 Å². The number of hydrogen-bond acceptors (Lipinski definition) is 1. The van der Waals surface area contributed by atoms with Crippen LogP contribution in [0.5, 0.6) is 5.75 Å². The molecule has 5 heteroatoms. The third-order valence-electron chi connectivity index (χ3n) is 3.06. The van der Waals surface area contributed by atoms with Gasteiger partial charge in [-0.3, -0.25) is 0 Å². The average Bonchev–Trinajstić information content (AvgIpc) is 2.47. The van der Waals surface area contributed by atoms with Crippen LogP contribution in [-0.2, 0) is 6.18 Å². The van der Waals surface area contributed by atoms with Gasteiger partial charge in [-0.15, -0.1) is 0 Å². The topological polar surface area (TPSA) is 9.23 Å². The van der Waals surface area contributed by atoms with E-state index in [-0.39, 0.29) is 6.10 Å². The normalized spacial score (nSPS) is 13.0. The predicted molar refractivity (Wildman–Crippen MR) is 79.2 cm³/mol. The molecule has 2 rings (SSSR count). The van der Waals surface area contributed by atoms with Crippen molar-refractivity contribution >= 4 is 16.9 Å². The molecule has 0 heterocycles. The van der Waals surface area contributed by atoms with Crippen molar-refractivity contribution in [2.75, 3.05) is 0 Å². The van der Waals surface area contributed by atoms with Crippen LogP contribution >= 0.6 is 0 Å². The second-order valence-corrected chi connectivity index (χ2v) is 5.83. The maximum atomic E-state index is 12.5. The quantitative estimate of drug-likeness (QED) is 0.728. The third-order valence-corrected chi connectivity index (χ3v) is 3.76. The Bertz CT molecular complexity index is 552. The number of ether oxygens (including phenoxy) is 1. The van der Waals surface area contributed by atoms with Gasteiger partial charge in [0, 0.05) is 0 Å². The maximum absolute atomic E-state index is 12.5. The van der Waals surface area contributed by atoms with Gasteiger partial charge in [-0.1, -0.05) is 0 Å². The van der Waals surface area contributed by atoms with Crippen LogP contribution in [0.15, 0.2) is 54.6 Å². The van der Waals surface area contributed by atoms with Crippen molar-refractivity contribution in [3.8, 4) is 5.75 Å². The fourth-order valence-electron chi connectivity index (χ4n) is 2.00. The number of alkyl halides is 3. The Kier molecular flexibility index (Phi) is 5.35. The number of benzene rings is 2. The standard InChI is InChI=1S/C16H16AsF3O/c17-11-10-15(12-4-2-1-3-5-12)21-14-8-6-13(7-9-14)16(18,19)20/h1-9,15H,10-11,17H2. The Morgan fingerprint density at radius 3 is 2.10 bits per heavy atom. The second-order valence-electron chi connectivity index (χ2n) is 4.62. The van der Waals surface area contributed by atoms with Crippen LogP contribution in [0.4, 0.5) is 13.2 Å². The van der Waals surface area contributed by atoms with Gasteiger partial charge in [-0.25, -0.2) is 0 Å². The first kappa shape index (κ1) is 16.0. The fourth-order valence-corrected chi connectivity index (χ4v) is 2.63. The van der Waals surface area contributed by atoms with Gasteiger partial charge in [-0.05, 0) is 0 Å². The van der Waals surface area contributed by atoms with E-state index in [1.54, 1.807) is 16.9 Å². The first-order valence-corrected chi connectivity index (χ1v) is 8.31. The van der Waals surface area contributed by atoms with E-state index in [1.165, 1.54) is 12.1 Å². The Balaban J connectivity index is 2.14. The Hall–Kier alpha value is -1.41. The number of rotatable bonds is 5. The van der Waals surface area contributed by atoms with E-state index in [0.717, 1.165) is 29.3 Å². The zero-order chi connectivity index (χ0) is 15.3.